The summed E-state index contributed by atoms with van der Waals surface area (Å²) in [4.78, 5) is 0. The second kappa shape index (κ2) is 6.77. The van der Waals surface area contributed by atoms with Crippen molar-refractivity contribution in [2.24, 2.45) is 0 Å². The van der Waals surface area contributed by atoms with Crippen molar-refractivity contribution in [1.29, 1.82) is 0 Å². The molecule has 2 N–H and O–H groups in total. The maximum atomic E-state index is 9.18. The first-order chi connectivity index (χ1) is 8.00. The van der Waals surface area contributed by atoms with E-state index in [0.29, 0.717) is 6.04 Å². The Morgan fingerprint density at radius 1 is 1.24 bits per heavy atom. The third-order valence-corrected chi connectivity index (χ3v) is 3.14. The molecule has 96 valence electrons. The second-order valence-corrected chi connectivity index (χ2v) is 5.03. The highest BCUT2D eigenvalue weighted by atomic mass is 16.3. The Labute approximate surface area is 105 Å². The number of benzene rings is 1. The molecular weight excluding hydrogens is 210 g/mol. The van der Waals surface area contributed by atoms with Gasteiger partial charge in [0, 0.05) is 6.04 Å². The zero-order valence-corrected chi connectivity index (χ0v) is 11.5. The maximum absolute atomic E-state index is 9.18. The summed E-state index contributed by atoms with van der Waals surface area (Å²) in [6, 6.07) is 6.97. The van der Waals surface area contributed by atoms with Gasteiger partial charge in [-0.15, -0.1) is 0 Å². The lowest BCUT2D eigenvalue weighted by Crippen LogP contribution is -2.21. The molecule has 2 unspecified atom stereocenters. The molecule has 1 aromatic carbocycles. The first-order valence-electron chi connectivity index (χ1n) is 6.49. The van der Waals surface area contributed by atoms with Crippen molar-refractivity contribution in [2.75, 3.05) is 6.54 Å². The minimum absolute atomic E-state index is 0.187. The van der Waals surface area contributed by atoms with Crippen LogP contribution in [0.25, 0.3) is 0 Å². The van der Waals surface area contributed by atoms with Crippen LogP contribution in [0.1, 0.15) is 49.4 Å². The van der Waals surface area contributed by atoms with E-state index in [4.69, 9.17) is 0 Å². The van der Waals surface area contributed by atoms with Crippen LogP contribution in [0.15, 0.2) is 18.2 Å². The van der Waals surface area contributed by atoms with Gasteiger partial charge in [0.25, 0.3) is 0 Å². The van der Waals surface area contributed by atoms with E-state index in [-0.39, 0.29) is 6.10 Å². The van der Waals surface area contributed by atoms with E-state index in [1.807, 2.05) is 6.92 Å². The molecule has 0 saturated carbocycles. The minimum Gasteiger partial charge on any atom is -0.393 e. The van der Waals surface area contributed by atoms with Gasteiger partial charge in [0.05, 0.1) is 6.10 Å². The molecule has 1 rings (SSSR count). The molecule has 0 aliphatic rings. The second-order valence-electron chi connectivity index (χ2n) is 5.03. The number of aliphatic hydroxyl groups is 1. The van der Waals surface area contributed by atoms with Gasteiger partial charge in [-0.1, -0.05) is 23.8 Å². The number of aliphatic hydroxyl groups excluding tert-OH is 1. The maximum Gasteiger partial charge on any atom is 0.0512 e. The monoisotopic (exact) mass is 235 g/mol. The van der Waals surface area contributed by atoms with Crippen LogP contribution in [-0.4, -0.2) is 17.8 Å². The van der Waals surface area contributed by atoms with E-state index >= 15 is 0 Å². The largest absolute Gasteiger partial charge is 0.393 e. The van der Waals surface area contributed by atoms with Crippen molar-refractivity contribution in [2.45, 2.75) is 52.7 Å². The molecule has 0 aliphatic carbocycles. The minimum atomic E-state index is -0.187. The summed E-state index contributed by atoms with van der Waals surface area (Å²) in [5, 5.41) is 12.7. The van der Waals surface area contributed by atoms with Crippen LogP contribution in [0.3, 0.4) is 0 Å². The van der Waals surface area contributed by atoms with Gasteiger partial charge in [-0.05, 0) is 58.2 Å². The standard InChI is InChI=1S/C15H25NO/c1-11-7-8-15(12(2)10-11)14(4)16-9-5-6-13(3)17/h7-8,10,13-14,16-17H,5-6,9H2,1-4H3. The van der Waals surface area contributed by atoms with Crippen LogP contribution in [0.5, 0.6) is 0 Å². The van der Waals surface area contributed by atoms with Crippen molar-refractivity contribution in [1.82, 2.24) is 5.32 Å². The highest BCUT2D eigenvalue weighted by molar-refractivity contribution is 5.32. The Morgan fingerprint density at radius 2 is 1.94 bits per heavy atom. The smallest absolute Gasteiger partial charge is 0.0512 e. The van der Waals surface area contributed by atoms with Gasteiger partial charge in [0.2, 0.25) is 0 Å². The van der Waals surface area contributed by atoms with Gasteiger partial charge in [-0.25, -0.2) is 0 Å². The quantitative estimate of drug-likeness (QED) is 0.743. The number of hydrogen-bond donors (Lipinski definition) is 2. The van der Waals surface area contributed by atoms with Gasteiger partial charge >= 0.3 is 0 Å². The lowest BCUT2D eigenvalue weighted by atomic mass is 10.0. The number of hydrogen-bond acceptors (Lipinski definition) is 2. The first kappa shape index (κ1) is 14.2. The number of aryl methyl sites for hydroxylation is 2. The van der Waals surface area contributed by atoms with Gasteiger partial charge < -0.3 is 10.4 Å². The Kier molecular flexibility index (Phi) is 5.66. The predicted octanol–water partition coefficient (Wildman–Crippen LogP) is 3.12. The molecule has 2 heteroatoms. The van der Waals surface area contributed by atoms with Crippen LogP contribution in [0.4, 0.5) is 0 Å². The molecule has 17 heavy (non-hydrogen) atoms. The molecule has 0 aliphatic heterocycles. The molecule has 0 radical (unpaired) electrons. The van der Waals surface area contributed by atoms with Crippen LogP contribution in [-0.2, 0) is 0 Å². The Balaban J connectivity index is 2.44. The molecule has 0 heterocycles. The third kappa shape index (κ3) is 4.88. The molecule has 2 atom stereocenters. The summed E-state index contributed by atoms with van der Waals surface area (Å²) >= 11 is 0. The van der Waals surface area contributed by atoms with Crippen LogP contribution < -0.4 is 5.32 Å². The van der Waals surface area contributed by atoms with Crippen LogP contribution >= 0.6 is 0 Å². The lowest BCUT2D eigenvalue weighted by molar-refractivity contribution is 0.181. The molecule has 0 spiro atoms. The zero-order chi connectivity index (χ0) is 12.8. The first-order valence-corrected chi connectivity index (χ1v) is 6.49. The van der Waals surface area contributed by atoms with E-state index in [0.717, 1.165) is 19.4 Å². The third-order valence-electron chi connectivity index (χ3n) is 3.14. The molecular formula is C15H25NO. The van der Waals surface area contributed by atoms with E-state index in [2.05, 4.69) is 44.3 Å². The molecule has 0 amide bonds. The highest BCUT2D eigenvalue weighted by Crippen LogP contribution is 2.18. The Morgan fingerprint density at radius 3 is 2.53 bits per heavy atom. The van der Waals surface area contributed by atoms with Crippen molar-refractivity contribution in [3.8, 4) is 0 Å². The molecule has 1 aromatic rings. The van der Waals surface area contributed by atoms with E-state index < -0.39 is 0 Å². The van der Waals surface area contributed by atoms with E-state index in [1.54, 1.807) is 0 Å². The van der Waals surface area contributed by atoms with Gasteiger partial charge in [0.1, 0.15) is 0 Å². The number of nitrogens with one attached hydrogen (secondary N) is 1. The topological polar surface area (TPSA) is 32.3 Å². The van der Waals surface area contributed by atoms with Crippen molar-refractivity contribution < 1.29 is 5.11 Å². The van der Waals surface area contributed by atoms with Crippen molar-refractivity contribution >= 4 is 0 Å². The van der Waals surface area contributed by atoms with Crippen molar-refractivity contribution in [3.05, 3.63) is 34.9 Å². The predicted molar refractivity (Wildman–Crippen MR) is 73.2 cm³/mol. The molecule has 2 nitrogen and oxygen atoms in total. The zero-order valence-electron chi connectivity index (χ0n) is 11.5. The summed E-state index contributed by atoms with van der Waals surface area (Å²) in [5.41, 5.74) is 4.03. The molecule has 0 saturated heterocycles. The summed E-state index contributed by atoms with van der Waals surface area (Å²) in [5.74, 6) is 0. The fraction of sp³-hybridized carbons (Fsp3) is 0.600. The summed E-state index contributed by atoms with van der Waals surface area (Å²) in [6.45, 7) is 9.28. The van der Waals surface area contributed by atoms with Gasteiger partial charge in [0.15, 0.2) is 0 Å². The average Bonchev–Trinajstić information content (AvgIpc) is 2.23. The van der Waals surface area contributed by atoms with E-state index in [9.17, 15) is 5.11 Å². The van der Waals surface area contributed by atoms with Crippen molar-refractivity contribution in [3.63, 3.8) is 0 Å². The van der Waals surface area contributed by atoms with Gasteiger partial charge in [-0.2, -0.15) is 0 Å². The van der Waals surface area contributed by atoms with Crippen LogP contribution in [0.2, 0.25) is 0 Å². The average molecular weight is 235 g/mol. The number of rotatable bonds is 6. The Hall–Kier alpha value is -0.860. The summed E-state index contributed by atoms with van der Waals surface area (Å²) < 4.78 is 0. The Bertz CT molecular complexity index is 347. The SMILES string of the molecule is Cc1ccc(C(C)NCCCC(C)O)c(C)c1. The molecule has 0 aromatic heterocycles. The van der Waals surface area contributed by atoms with Crippen LogP contribution in [0, 0.1) is 13.8 Å². The summed E-state index contributed by atoms with van der Waals surface area (Å²) in [7, 11) is 0. The molecule has 0 fully saturated rings. The lowest BCUT2D eigenvalue weighted by Gasteiger charge is -2.17. The van der Waals surface area contributed by atoms with E-state index in [1.165, 1.54) is 16.7 Å². The normalized spacial score (nSPS) is 14.6. The fourth-order valence-corrected chi connectivity index (χ4v) is 2.14. The highest BCUT2D eigenvalue weighted by Gasteiger charge is 2.07. The van der Waals surface area contributed by atoms with Gasteiger partial charge in [-0.3, -0.25) is 0 Å². The fourth-order valence-electron chi connectivity index (χ4n) is 2.14. The molecule has 0 bridgehead atoms. The summed E-state index contributed by atoms with van der Waals surface area (Å²) in [6.07, 6.45) is 1.70.